The van der Waals surface area contributed by atoms with Crippen molar-refractivity contribution in [2.45, 2.75) is 65.0 Å². The molecule has 1 amide bonds. The lowest BCUT2D eigenvalue weighted by Crippen LogP contribution is -2.55. The van der Waals surface area contributed by atoms with E-state index in [1.54, 1.807) is 0 Å². The minimum Gasteiger partial charge on any atom is -0.354 e. The third-order valence-electron chi connectivity index (χ3n) is 3.24. The van der Waals surface area contributed by atoms with Crippen LogP contribution in [0.5, 0.6) is 0 Å². The molecule has 3 nitrogen and oxygen atoms in total. The van der Waals surface area contributed by atoms with Gasteiger partial charge in [0.2, 0.25) is 5.91 Å². The minimum atomic E-state index is -0.466. The molecule has 1 aliphatic carbocycles. The van der Waals surface area contributed by atoms with Crippen molar-refractivity contribution in [3.8, 4) is 0 Å². The first kappa shape index (κ1) is 13.5. The molecule has 94 valence electrons. The number of rotatable bonds is 5. The van der Waals surface area contributed by atoms with E-state index in [1.165, 1.54) is 25.7 Å². The first-order valence-electron chi connectivity index (χ1n) is 6.48. The largest absolute Gasteiger partial charge is 0.354 e. The van der Waals surface area contributed by atoms with Gasteiger partial charge < -0.3 is 10.6 Å². The van der Waals surface area contributed by atoms with E-state index >= 15 is 0 Å². The highest BCUT2D eigenvalue weighted by molar-refractivity contribution is 5.85. The zero-order valence-electron chi connectivity index (χ0n) is 11.1. The van der Waals surface area contributed by atoms with Gasteiger partial charge in [0.05, 0.1) is 5.54 Å². The number of amides is 1. The Kier molecular flexibility index (Phi) is 4.78. The van der Waals surface area contributed by atoms with E-state index in [1.807, 2.05) is 13.8 Å². The van der Waals surface area contributed by atoms with Crippen molar-refractivity contribution < 1.29 is 4.79 Å². The van der Waals surface area contributed by atoms with Gasteiger partial charge in [0, 0.05) is 12.6 Å². The molecule has 0 aromatic heterocycles. The van der Waals surface area contributed by atoms with Crippen LogP contribution in [-0.2, 0) is 4.79 Å². The van der Waals surface area contributed by atoms with Crippen LogP contribution in [-0.4, -0.2) is 24.0 Å². The van der Waals surface area contributed by atoms with Crippen molar-refractivity contribution in [3.63, 3.8) is 0 Å². The van der Waals surface area contributed by atoms with Crippen LogP contribution in [0.1, 0.15) is 53.4 Å². The Bertz CT molecular complexity index is 230. The van der Waals surface area contributed by atoms with E-state index in [0.29, 0.717) is 12.0 Å². The SMILES string of the molecule is CC(C)NC(C)(C)C(=O)NCC1CCCC1. The van der Waals surface area contributed by atoms with E-state index in [9.17, 15) is 4.79 Å². The zero-order chi connectivity index (χ0) is 12.2. The highest BCUT2D eigenvalue weighted by Gasteiger charge is 2.28. The van der Waals surface area contributed by atoms with Crippen molar-refractivity contribution in [2.75, 3.05) is 6.54 Å². The average Bonchev–Trinajstić information content (AvgIpc) is 2.64. The van der Waals surface area contributed by atoms with Crippen LogP contribution in [0.15, 0.2) is 0 Å². The zero-order valence-corrected chi connectivity index (χ0v) is 11.1. The number of carbonyl (C=O) groups excluding carboxylic acids is 1. The van der Waals surface area contributed by atoms with Crippen molar-refractivity contribution in [3.05, 3.63) is 0 Å². The Morgan fingerprint density at radius 3 is 2.38 bits per heavy atom. The van der Waals surface area contributed by atoms with E-state index in [0.717, 1.165) is 6.54 Å². The van der Waals surface area contributed by atoms with Gasteiger partial charge in [-0.2, -0.15) is 0 Å². The Labute approximate surface area is 99.4 Å². The molecule has 0 saturated heterocycles. The Hall–Kier alpha value is -0.570. The monoisotopic (exact) mass is 226 g/mol. The molecular weight excluding hydrogens is 200 g/mol. The van der Waals surface area contributed by atoms with Gasteiger partial charge in [-0.1, -0.05) is 12.8 Å². The smallest absolute Gasteiger partial charge is 0.239 e. The molecule has 3 heteroatoms. The lowest BCUT2D eigenvalue weighted by molar-refractivity contribution is -0.126. The van der Waals surface area contributed by atoms with Gasteiger partial charge in [-0.25, -0.2) is 0 Å². The molecule has 0 radical (unpaired) electrons. The minimum absolute atomic E-state index is 0.119. The third-order valence-corrected chi connectivity index (χ3v) is 3.24. The van der Waals surface area contributed by atoms with Gasteiger partial charge in [0.15, 0.2) is 0 Å². The second kappa shape index (κ2) is 5.67. The Morgan fingerprint density at radius 2 is 1.88 bits per heavy atom. The molecule has 0 atom stereocenters. The number of hydrogen-bond acceptors (Lipinski definition) is 2. The van der Waals surface area contributed by atoms with Crippen LogP contribution >= 0.6 is 0 Å². The molecule has 1 aliphatic rings. The van der Waals surface area contributed by atoms with Gasteiger partial charge in [-0.15, -0.1) is 0 Å². The van der Waals surface area contributed by atoms with Crippen molar-refractivity contribution in [2.24, 2.45) is 5.92 Å². The molecule has 0 bridgehead atoms. The number of hydrogen-bond donors (Lipinski definition) is 2. The number of carbonyl (C=O) groups is 1. The van der Waals surface area contributed by atoms with Gasteiger partial charge in [-0.05, 0) is 46.5 Å². The summed E-state index contributed by atoms with van der Waals surface area (Å²) in [4.78, 5) is 12.0. The molecule has 16 heavy (non-hydrogen) atoms. The lowest BCUT2D eigenvalue weighted by atomic mass is 10.0. The fourth-order valence-corrected chi connectivity index (χ4v) is 2.46. The molecule has 2 N–H and O–H groups in total. The van der Waals surface area contributed by atoms with Gasteiger partial charge in [-0.3, -0.25) is 4.79 Å². The molecule has 0 unspecified atom stereocenters. The molecule has 0 aromatic carbocycles. The van der Waals surface area contributed by atoms with E-state index in [4.69, 9.17) is 0 Å². The van der Waals surface area contributed by atoms with Crippen LogP contribution in [0.3, 0.4) is 0 Å². The first-order valence-corrected chi connectivity index (χ1v) is 6.48. The average molecular weight is 226 g/mol. The highest BCUT2D eigenvalue weighted by Crippen LogP contribution is 2.23. The summed E-state index contributed by atoms with van der Waals surface area (Å²) in [6, 6.07) is 0.326. The summed E-state index contributed by atoms with van der Waals surface area (Å²) in [7, 11) is 0. The molecule has 1 rings (SSSR count). The molecule has 0 spiro atoms. The van der Waals surface area contributed by atoms with Crippen LogP contribution < -0.4 is 10.6 Å². The summed E-state index contributed by atoms with van der Waals surface area (Å²) in [6.07, 6.45) is 5.21. The topological polar surface area (TPSA) is 41.1 Å². The molecule has 1 saturated carbocycles. The first-order chi connectivity index (χ1) is 7.42. The molecule has 0 heterocycles. The van der Waals surface area contributed by atoms with E-state index in [2.05, 4.69) is 24.5 Å². The summed E-state index contributed by atoms with van der Waals surface area (Å²) in [6.45, 7) is 8.86. The lowest BCUT2D eigenvalue weighted by Gasteiger charge is -2.28. The highest BCUT2D eigenvalue weighted by atomic mass is 16.2. The van der Waals surface area contributed by atoms with Crippen LogP contribution in [0.25, 0.3) is 0 Å². The molecular formula is C13H26N2O. The second-order valence-corrected chi connectivity index (χ2v) is 5.78. The summed E-state index contributed by atoms with van der Waals surface area (Å²) in [5.74, 6) is 0.826. The van der Waals surface area contributed by atoms with Crippen molar-refractivity contribution in [1.82, 2.24) is 10.6 Å². The van der Waals surface area contributed by atoms with Gasteiger partial charge in [0.25, 0.3) is 0 Å². The normalized spacial score (nSPS) is 18.1. The second-order valence-electron chi connectivity index (χ2n) is 5.78. The van der Waals surface area contributed by atoms with E-state index < -0.39 is 5.54 Å². The Morgan fingerprint density at radius 1 is 1.31 bits per heavy atom. The molecule has 0 aromatic rings. The maximum atomic E-state index is 12.0. The third kappa shape index (κ3) is 4.12. The molecule has 0 aliphatic heterocycles. The molecule has 1 fully saturated rings. The predicted molar refractivity (Wildman–Crippen MR) is 67.3 cm³/mol. The predicted octanol–water partition coefficient (Wildman–Crippen LogP) is 2.07. The van der Waals surface area contributed by atoms with Crippen molar-refractivity contribution >= 4 is 5.91 Å². The van der Waals surface area contributed by atoms with E-state index in [-0.39, 0.29) is 5.91 Å². The summed E-state index contributed by atoms with van der Waals surface area (Å²) < 4.78 is 0. The number of nitrogens with one attached hydrogen (secondary N) is 2. The standard InChI is InChI=1S/C13H26N2O/c1-10(2)15-13(3,4)12(16)14-9-11-7-5-6-8-11/h10-11,15H,5-9H2,1-4H3,(H,14,16). The fraction of sp³-hybridized carbons (Fsp3) is 0.923. The quantitative estimate of drug-likeness (QED) is 0.753. The van der Waals surface area contributed by atoms with Crippen LogP contribution in [0, 0.1) is 5.92 Å². The van der Waals surface area contributed by atoms with Gasteiger partial charge >= 0.3 is 0 Å². The fourth-order valence-electron chi connectivity index (χ4n) is 2.46. The van der Waals surface area contributed by atoms with Crippen LogP contribution in [0.2, 0.25) is 0 Å². The summed E-state index contributed by atoms with van der Waals surface area (Å²) in [5, 5.41) is 6.35. The van der Waals surface area contributed by atoms with Gasteiger partial charge in [0.1, 0.15) is 0 Å². The van der Waals surface area contributed by atoms with Crippen molar-refractivity contribution in [1.29, 1.82) is 0 Å². The maximum absolute atomic E-state index is 12.0. The Balaban J connectivity index is 2.32. The maximum Gasteiger partial charge on any atom is 0.239 e. The summed E-state index contributed by atoms with van der Waals surface area (Å²) in [5.41, 5.74) is -0.466. The van der Waals surface area contributed by atoms with Crippen LogP contribution in [0.4, 0.5) is 0 Å². The summed E-state index contributed by atoms with van der Waals surface area (Å²) >= 11 is 0.